The molecule has 4 heteroatoms. The first-order valence-corrected chi connectivity index (χ1v) is 7.74. The summed E-state index contributed by atoms with van der Waals surface area (Å²) in [6.07, 6.45) is 2.53. The fourth-order valence-corrected chi connectivity index (χ4v) is 3.28. The molecule has 1 atom stereocenters. The van der Waals surface area contributed by atoms with E-state index in [-0.39, 0.29) is 0 Å². The van der Waals surface area contributed by atoms with Crippen molar-refractivity contribution in [3.05, 3.63) is 30.3 Å². The quantitative estimate of drug-likeness (QED) is 0.510. The van der Waals surface area contributed by atoms with Gasteiger partial charge in [0.25, 0.3) is 0 Å². The fraction of sp³-hybridized carbons (Fsp3) is 0.400. The zero-order valence-corrected chi connectivity index (χ0v) is 10.5. The maximum atomic E-state index is 12.1. The summed E-state index contributed by atoms with van der Waals surface area (Å²) in [4.78, 5) is 0. The number of hydrogen-bond acceptors (Lipinski definition) is 1. The van der Waals surface area contributed by atoms with Gasteiger partial charge in [0.2, 0.25) is 0 Å². The number of rotatable bonds is 5. The molecule has 0 fully saturated rings. The molecule has 0 aliphatic carbocycles. The van der Waals surface area contributed by atoms with E-state index in [1.54, 1.807) is 0 Å². The number of hydrogen-bond donors (Lipinski definition) is 1. The summed E-state index contributed by atoms with van der Waals surface area (Å²) in [6.45, 7) is 0. The summed E-state index contributed by atoms with van der Waals surface area (Å²) in [5.41, 5.74) is 5.82. The number of benzene rings is 1. The van der Waals surface area contributed by atoms with E-state index in [2.05, 4.69) is 15.9 Å². The lowest BCUT2D eigenvalue weighted by atomic mass is 10.4. The molecule has 0 bridgehead atoms. The third kappa shape index (κ3) is 3.56. The molecule has 0 radical (unpaired) electrons. The van der Waals surface area contributed by atoms with Crippen molar-refractivity contribution in [2.24, 2.45) is 5.50 Å². The highest BCUT2D eigenvalue weighted by Crippen LogP contribution is 2.35. The molecule has 78 valence electrons. The number of nitrogens with two attached hydrogens (primary N) is 1. The average molecular weight is 276 g/mol. The van der Waals surface area contributed by atoms with E-state index in [1.165, 1.54) is 0 Å². The van der Waals surface area contributed by atoms with Crippen molar-refractivity contribution < 1.29 is 4.57 Å². The molecule has 0 heterocycles. The zero-order chi connectivity index (χ0) is 10.4. The van der Waals surface area contributed by atoms with E-state index in [1.807, 2.05) is 30.3 Å². The molecule has 1 aromatic rings. The average Bonchev–Trinajstić information content (AvgIpc) is 2.19. The van der Waals surface area contributed by atoms with Crippen LogP contribution in [-0.2, 0) is 4.57 Å². The molecule has 0 aliphatic rings. The zero-order valence-electron chi connectivity index (χ0n) is 8.03. The van der Waals surface area contributed by atoms with Crippen LogP contribution in [0.4, 0.5) is 0 Å². The highest BCUT2D eigenvalue weighted by Gasteiger charge is 2.17. The summed E-state index contributed by atoms with van der Waals surface area (Å²) in [5, 5.41) is 1.73. The van der Waals surface area contributed by atoms with Gasteiger partial charge in [-0.25, -0.2) is 0 Å². The lowest BCUT2D eigenvalue weighted by Crippen LogP contribution is -2.14. The smallest absolute Gasteiger partial charge is 0.173 e. The predicted octanol–water partition coefficient (Wildman–Crippen LogP) is 2.72. The van der Waals surface area contributed by atoms with Gasteiger partial charge in [-0.05, 0) is 12.8 Å². The van der Waals surface area contributed by atoms with E-state index in [0.717, 1.165) is 23.5 Å². The van der Waals surface area contributed by atoms with Crippen molar-refractivity contribution in [2.75, 3.05) is 11.5 Å². The minimum atomic E-state index is -2.60. The predicted molar refractivity (Wildman–Crippen MR) is 65.8 cm³/mol. The van der Waals surface area contributed by atoms with Gasteiger partial charge in [-0.2, -0.15) is 0 Å². The Kier molecular flexibility index (Phi) is 4.86. The second-order valence-electron chi connectivity index (χ2n) is 3.25. The lowest BCUT2D eigenvalue weighted by molar-refractivity contribution is 0.580. The van der Waals surface area contributed by atoms with Crippen LogP contribution in [-0.4, -0.2) is 11.5 Å². The molecule has 2 N–H and O–H groups in total. The third-order valence-electron chi connectivity index (χ3n) is 2.07. The summed E-state index contributed by atoms with van der Waals surface area (Å²) >= 11 is 3.34. The van der Waals surface area contributed by atoms with Crippen LogP contribution in [0.15, 0.2) is 30.3 Å². The maximum absolute atomic E-state index is 12.1. The molecule has 0 saturated carbocycles. The second kappa shape index (κ2) is 5.69. The molecule has 0 spiro atoms. The molecule has 1 unspecified atom stereocenters. The molecule has 1 rings (SSSR count). The van der Waals surface area contributed by atoms with Crippen molar-refractivity contribution >= 4 is 28.5 Å². The van der Waals surface area contributed by atoms with Gasteiger partial charge in [0.05, 0.1) is 0 Å². The van der Waals surface area contributed by atoms with E-state index < -0.39 is 7.29 Å². The molecule has 1 aromatic carbocycles. The Hall–Kier alpha value is -0.110. The molecule has 0 aromatic heterocycles. The van der Waals surface area contributed by atoms with Gasteiger partial charge in [0.1, 0.15) is 0 Å². The van der Waals surface area contributed by atoms with Gasteiger partial charge in [0, 0.05) is 16.8 Å². The summed E-state index contributed by atoms with van der Waals surface area (Å²) in [7, 11) is -2.60. The van der Waals surface area contributed by atoms with Gasteiger partial charge in [-0.3, -0.25) is 5.50 Å². The molecule has 0 saturated heterocycles. The summed E-state index contributed by atoms with van der Waals surface area (Å²) in [5.74, 6) is 0. The van der Waals surface area contributed by atoms with Gasteiger partial charge in [0.15, 0.2) is 7.29 Å². The van der Waals surface area contributed by atoms with Crippen LogP contribution >= 0.6 is 23.2 Å². The van der Waals surface area contributed by atoms with Crippen molar-refractivity contribution in [1.29, 1.82) is 0 Å². The minimum absolute atomic E-state index is 0.600. The first-order chi connectivity index (χ1) is 6.67. The van der Waals surface area contributed by atoms with Gasteiger partial charge in [-0.1, -0.05) is 46.3 Å². The van der Waals surface area contributed by atoms with E-state index in [0.29, 0.717) is 6.16 Å². The van der Waals surface area contributed by atoms with Crippen LogP contribution in [0.5, 0.6) is 0 Å². The van der Waals surface area contributed by atoms with E-state index >= 15 is 0 Å². The Morgan fingerprint density at radius 3 is 2.43 bits per heavy atom. The van der Waals surface area contributed by atoms with Crippen LogP contribution in [0.25, 0.3) is 0 Å². The largest absolute Gasteiger partial charge is 0.302 e. The summed E-state index contributed by atoms with van der Waals surface area (Å²) in [6, 6.07) is 9.34. The maximum Gasteiger partial charge on any atom is 0.173 e. The minimum Gasteiger partial charge on any atom is -0.302 e. The highest BCUT2D eigenvalue weighted by molar-refractivity contribution is 9.09. The first-order valence-electron chi connectivity index (χ1n) is 4.66. The SMILES string of the molecule is NP(=O)(CCCCBr)c1ccccc1. The van der Waals surface area contributed by atoms with Crippen LogP contribution in [0.1, 0.15) is 12.8 Å². The summed E-state index contributed by atoms with van der Waals surface area (Å²) < 4.78 is 12.1. The molecule has 2 nitrogen and oxygen atoms in total. The Labute approximate surface area is 93.4 Å². The number of unbranched alkanes of at least 4 members (excludes halogenated alkanes) is 1. The Bertz CT molecular complexity index is 315. The first kappa shape index (κ1) is 12.0. The van der Waals surface area contributed by atoms with Crippen molar-refractivity contribution in [2.45, 2.75) is 12.8 Å². The monoisotopic (exact) mass is 275 g/mol. The van der Waals surface area contributed by atoms with Crippen molar-refractivity contribution in [3.63, 3.8) is 0 Å². The number of alkyl halides is 1. The Morgan fingerprint density at radius 2 is 1.86 bits per heavy atom. The van der Waals surface area contributed by atoms with Crippen molar-refractivity contribution in [1.82, 2.24) is 0 Å². The van der Waals surface area contributed by atoms with Crippen LogP contribution < -0.4 is 10.8 Å². The third-order valence-corrected chi connectivity index (χ3v) is 4.78. The molecular weight excluding hydrogens is 261 g/mol. The van der Waals surface area contributed by atoms with Gasteiger partial charge in [-0.15, -0.1) is 0 Å². The van der Waals surface area contributed by atoms with Crippen molar-refractivity contribution in [3.8, 4) is 0 Å². The lowest BCUT2D eigenvalue weighted by Gasteiger charge is -2.12. The Morgan fingerprint density at radius 1 is 1.21 bits per heavy atom. The topological polar surface area (TPSA) is 43.1 Å². The standard InChI is InChI=1S/C10H15BrNOP/c11-8-4-5-9-14(12,13)10-6-2-1-3-7-10/h1-3,6-7H,4-5,8-9H2,(H2,12,13). The molecule has 0 aliphatic heterocycles. The number of halogens is 1. The fourth-order valence-electron chi connectivity index (χ4n) is 1.25. The highest BCUT2D eigenvalue weighted by atomic mass is 79.9. The van der Waals surface area contributed by atoms with E-state index in [9.17, 15) is 4.57 Å². The normalized spacial score (nSPS) is 15.0. The molecule has 14 heavy (non-hydrogen) atoms. The van der Waals surface area contributed by atoms with Crippen LogP contribution in [0.2, 0.25) is 0 Å². The van der Waals surface area contributed by atoms with Crippen LogP contribution in [0.3, 0.4) is 0 Å². The van der Waals surface area contributed by atoms with Gasteiger partial charge >= 0.3 is 0 Å². The molecular formula is C10H15BrNOP. The van der Waals surface area contributed by atoms with Gasteiger partial charge < -0.3 is 4.57 Å². The van der Waals surface area contributed by atoms with Crippen LogP contribution in [0, 0.1) is 0 Å². The Balaban J connectivity index is 2.62. The second-order valence-corrected chi connectivity index (χ2v) is 6.60. The van der Waals surface area contributed by atoms with E-state index in [4.69, 9.17) is 5.50 Å². The molecule has 0 amide bonds.